The Morgan fingerprint density at radius 2 is 1.81 bits per heavy atom. The molecule has 0 fully saturated rings. The van der Waals surface area contributed by atoms with Crippen LogP contribution in [0.1, 0.15) is 34.6 Å². The van der Waals surface area contributed by atoms with E-state index in [-0.39, 0.29) is 18.2 Å². The van der Waals surface area contributed by atoms with Crippen molar-refractivity contribution in [3.63, 3.8) is 0 Å². The molecule has 2 unspecified atom stereocenters. The topological polar surface area (TPSA) is 60.0 Å². The quantitative estimate of drug-likeness (QED) is 0.705. The largest absolute Gasteiger partial charge is 0.444 e. The molecule has 0 radical (unpaired) electrons. The monoisotopic (exact) mass is 304 g/mol. The molecule has 6 nitrogen and oxygen atoms in total. The summed E-state index contributed by atoms with van der Waals surface area (Å²) in [6, 6.07) is 0.220. The van der Waals surface area contributed by atoms with Crippen molar-refractivity contribution in [2.45, 2.75) is 52.4 Å². The SMILES string of the molecule is COCCN(CCNC(C)C(C)OC)C(=O)OC(C)(C)C. The molecule has 0 saturated carbocycles. The van der Waals surface area contributed by atoms with Gasteiger partial charge in [-0.15, -0.1) is 0 Å². The molecule has 0 aliphatic rings. The van der Waals surface area contributed by atoms with E-state index in [0.29, 0.717) is 26.2 Å². The molecule has 0 rings (SSSR count). The first kappa shape index (κ1) is 20.1. The first-order valence-corrected chi connectivity index (χ1v) is 7.44. The van der Waals surface area contributed by atoms with Gasteiger partial charge in [-0.2, -0.15) is 0 Å². The lowest BCUT2D eigenvalue weighted by atomic mass is 10.2. The molecule has 1 amide bonds. The number of carbonyl (C=O) groups excluding carboxylic acids is 1. The molecule has 0 aromatic carbocycles. The number of ether oxygens (including phenoxy) is 3. The smallest absolute Gasteiger partial charge is 0.410 e. The second-order valence-electron chi connectivity index (χ2n) is 6.14. The van der Waals surface area contributed by atoms with Gasteiger partial charge >= 0.3 is 6.09 Å². The van der Waals surface area contributed by atoms with Gasteiger partial charge in [-0.1, -0.05) is 0 Å². The minimum atomic E-state index is -0.492. The fourth-order valence-corrected chi connectivity index (χ4v) is 1.62. The molecule has 0 heterocycles. The Labute approximate surface area is 129 Å². The molecule has 2 atom stereocenters. The van der Waals surface area contributed by atoms with Gasteiger partial charge in [-0.3, -0.25) is 0 Å². The Morgan fingerprint density at radius 3 is 2.29 bits per heavy atom. The van der Waals surface area contributed by atoms with E-state index in [4.69, 9.17) is 14.2 Å². The summed E-state index contributed by atoms with van der Waals surface area (Å²) in [6.45, 7) is 11.9. The molecule has 0 aromatic rings. The van der Waals surface area contributed by atoms with Crippen molar-refractivity contribution in [2.75, 3.05) is 40.5 Å². The molecule has 0 saturated heterocycles. The molecular formula is C15H32N2O4. The average molecular weight is 304 g/mol. The zero-order valence-electron chi connectivity index (χ0n) is 14.6. The predicted molar refractivity (Wildman–Crippen MR) is 83.6 cm³/mol. The van der Waals surface area contributed by atoms with Crippen LogP contribution in [0.5, 0.6) is 0 Å². The Balaban J connectivity index is 4.33. The van der Waals surface area contributed by atoms with Crippen LogP contribution in [0, 0.1) is 0 Å². The Kier molecular flexibility index (Phi) is 9.57. The molecule has 0 aliphatic carbocycles. The Hall–Kier alpha value is -0.850. The third-order valence-electron chi connectivity index (χ3n) is 3.14. The fraction of sp³-hybridized carbons (Fsp3) is 0.933. The zero-order valence-corrected chi connectivity index (χ0v) is 14.6. The van der Waals surface area contributed by atoms with Gasteiger partial charge in [-0.05, 0) is 34.6 Å². The summed E-state index contributed by atoms with van der Waals surface area (Å²) in [5.74, 6) is 0. The van der Waals surface area contributed by atoms with Gasteiger partial charge in [0.1, 0.15) is 5.60 Å². The van der Waals surface area contributed by atoms with E-state index in [1.807, 2.05) is 27.7 Å². The molecule has 6 heteroatoms. The van der Waals surface area contributed by atoms with Gasteiger partial charge < -0.3 is 24.4 Å². The van der Waals surface area contributed by atoms with Gasteiger partial charge in [-0.25, -0.2) is 4.79 Å². The van der Waals surface area contributed by atoms with E-state index in [0.717, 1.165) is 0 Å². The lowest BCUT2D eigenvalue weighted by Crippen LogP contribution is -2.45. The standard InChI is InChI=1S/C15H32N2O4/c1-12(13(2)20-7)16-8-9-17(10-11-19-6)14(18)21-15(3,4)5/h12-13,16H,8-11H2,1-7H3. The minimum absolute atomic E-state index is 0.124. The van der Waals surface area contributed by atoms with Crippen molar-refractivity contribution in [1.29, 1.82) is 0 Å². The van der Waals surface area contributed by atoms with Crippen LogP contribution in [0.4, 0.5) is 4.79 Å². The van der Waals surface area contributed by atoms with E-state index in [2.05, 4.69) is 12.2 Å². The molecule has 0 spiro atoms. The molecular weight excluding hydrogens is 272 g/mol. The van der Waals surface area contributed by atoms with Gasteiger partial charge in [0.05, 0.1) is 12.7 Å². The van der Waals surface area contributed by atoms with Crippen molar-refractivity contribution >= 4 is 6.09 Å². The second-order valence-corrected chi connectivity index (χ2v) is 6.14. The van der Waals surface area contributed by atoms with E-state index < -0.39 is 5.60 Å². The molecule has 0 bridgehead atoms. The highest BCUT2D eigenvalue weighted by Gasteiger charge is 2.22. The van der Waals surface area contributed by atoms with E-state index in [9.17, 15) is 4.79 Å². The minimum Gasteiger partial charge on any atom is -0.444 e. The number of hydrogen-bond donors (Lipinski definition) is 1. The van der Waals surface area contributed by atoms with E-state index in [1.165, 1.54) is 0 Å². The van der Waals surface area contributed by atoms with Crippen LogP contribution in [0.3, 0.4) is 0 Å². The third-order valence-corrected chi connectivity index (χ3v) is 3.14. The molecule has 0 aromatic heterocycles. The second kappa shape index (κ2) is 9.97. The van der Waals surface area contributed by atoms with Crippen LogP contribution < -0.4 is 5.32 Å². The summed E-state index contributed by atoms with van der Waals surface area (Å²) in [5, 5.41) is 3.34. The number of hydrogen-bond acceptors (Lipinski definition) is 5. The van der Waals surface area contributed by atoms with Crippen LogP contribution in [0.15, 0.2) is 0 Å². The average Bonchev–Trinajstić information content (AvgIpc) is 2.39. The number of methoxy groups -OCH3 is 2. The highest BCUT2D eigenvalue weighted by atomic mass is 16.6. The number of carbonyl (C=O) groups is 1. The number of amides is 1. The normalized spacial score (nSPS) is 14.6. The van der Waals surface area contributed by atoms with Gasteiger partial charge in [0.25, 0.3) is 0 Å². The van der Waals surface area contributed by atoms with E-state index in [1.54, 1.807) is 19.1 Å². The van der Waals surface area contributed by atoms with Crippen LogP contribution in [0.2, 0.25) is 0 Å². The maximum Gasteiger partial charge on any atom is 0.410 e. The predicted octanol–water partition coefficient (Wildman–Crippen LogP) is 1.88. The lowest BCUT2D eigenvalue weighted by molar-refractivity contribution is 0.0198. The van der Waals surface area contributed by atoms with Crippen molar-refractivity contribution in [1.82, 2.24) is 10.2 Å². The summed E-state index contributed by atoms with van der Waals surface area (Å²) in [4.78, 5) is 13.8. The van der Waals surface area contributed by atoms with E-state index >= 15 is 0 Å². The van der Waals surface area contributed by atoms with Crippen LogP contribution in [-0.4, -0.2) is 69.2 Å². The first-order chi connectivity index (χ1) is 9.71. The van der Waals surface area contributed by atoms with Crippen molar-refractivity contribution in [3.05, 3.63) is 0 Å². The zero-order chi connectivity index (χ0) is 16.5. The molecule has 0 aliphatic heterocycles. The van der Waals surface area contributed by atoms with Crippen LogP contribution in [-0.2, 0) is 14.2 Å². The van der Waals surface area contributed by atoms with Crippen molar-refractivity contribution < 1.29 is 19.0 Å². The maximum atomic E-state index is 12.1. The summed E-state index contributed by atoms with van der Waals surface area (Å²) in [7, 11) is 3.31. The Bertz CT molecular complexity index is 292. The summed E-state index contributed by atoms with van der Waals surface area (Å²) < 4.78 is 15.7. The summed E-state index contributed by atoms with van der Waals surface area (Å²) >= 11 is 0. The molecule has 126 valence electrons. The Morgan fingerprint density at radius 1 is 1.19 bits per heavy atom. The van der Waals surface area contributed by atoms with Crippen LogP contribution >= 0.6 is 0 Å². The highest BCUT2D eigenvalue weighted by Crippen LogP contribution is 2.09. The summed E-state index contributed by atoms with van der Waals surface area (Å²) in [5.41, 5.74) is -0.492. The fourth-order valence-electron chi connectivity index (χ4n) is 1.62. The molecule has 1 N–H and O–H groups in total. The third kappa shape index (κ3) is 9.66. The highest BCUT2D eigenvalue weighted by molar-refractivity contribution is 5.68. The van der Waals surface area contributed by atoms with Crippen molar-refractivity contribution in [2.24, 2.45) is 0 Å². The lowest BCUT2D eigenvalue weighted by Gasteiger charge is -2.28. The molecule has 21 heavy (non-hydrogen) atoms. The maximum absolute atomic E-state index is 12.1. The van der Waals surface area contributed by atoms with Gasteiger partial charge in [0.15, 0.2) is 0 Å². The number of rotatable bonds is 9. The van der Waals surface area contributed by atoms with Gasteiger partial charge in [0.2, 0.25) is 0 Å². The van der Waals surface area contributed by atoms with Crippen molar-refractivity contribution in [3.8, 4) is 0 Å². The summed E-state index contributed by atoms with van der Waals surface area (Å²) in [6.07, 6.45) is -0.187. The number of nitrogens with zero attached hydrogens (tertiary/aromatic N) is 1. The number of nitrogens with one attached hydrogen (secondary N) is 1. The first-order valence-electron chi connectivity index (χ1n) is 7.44. The van der Waals surface area contributed by atoms with Gasteiger partial charge in [0, 0.05) is 39.9 Å². The van der Waals surface area contributed by atoms with Crippen LogP contribution in [0.25, 0.3) is 0 Å².